The number of nitrogens with zero attached hydrogens (tertiary/aromatic N) is 1. The van der Waals surface area contributed by atoms with Crippen LogP contribution >= 0.6 is 0 Å². The highest BCUT2D eigenvalue weighted by Gasteiger charge is 2.25. The van der Waals surface area contributed by atoms with Crippen molar-refractivity contribution < 1.29 is 19.0 Å². The molecule has 1 saturated heterocycles. The fraction of sp³-hybridized carbons (Fsp3) is 0.409. The normalized spacial score (nSPS) is 17.2. The number of benzene rings is 2. The molecule has 2 aliphatic rings. The van der Waals surface area contributed by atoms with Crippen LogP contribution in [0.2, 0.25) is 0 Å². The van der Waals surface area contributed by atoms with Crippen molar-refractivity contribution in [3.8, 4) is 17.2 Å². The number of amides is 1. The lowest BCUT2D eigenvalue weighted by atomic mass is 10.0. The molecule has 2 heterocycles. The van der Waals surface area contributed by atoms with Gasteiger partial charge in [0, 0.05) is 6.54 Å². The van der Waals surface area contributed by atoms with Crippen molar-refractivity contribution in [3.63, 3.8) is 0 Å². The van der Waals surface area contributed by atoms with E-state index in [9.17, 15) is 4.79 Å². The van der Waals surface area contributed by atoms with Crippen LogP contribution in [0.5, 0.6) is 17.2 Å². The maximum Gasteiger partial charge on any atom is 0.255 e. The molecule has 2 aromatic rings. The molecule has 0 aromatic heterocycles. The van der Waals surface area contributed by atoms with E-state index < -0.39 is 0 Å². The van der Waals surface area contributed by atoms with Crippen LogP contribution in [0.15, 0.2) is 42.5 Å². The zero-order valence-electron chi connectivity index (χ0n) is 16.1. The van der Waals surface area contributed by atoms with Crippen LogP contribution in [-0.4, -0.2) is 44.3 Å². The van der Waals surface area contributed by atoms with Gasteiger partial charge >= 0.3 is 0 Å². The van der Waals surface area contributed by atoms with Gasteiger partial charge in [-0.15, -0.1) is 0 Å². The number of ether oxygens (including phenoxy) is 3. The Balaban J connectivity index is 1.53. The summed E-state index contributed by atoms with van der Waals surface area (Å²) in [4.78, 5) is 15.2. The highest BCUT2D eigenvalue weighted by molar-refractivity contribution is 5.96. The third-order valence-electron chi connectivity index (χ3n) is 5.42. The Morgan fingerprint density at radius 2 is 1.89 bits per heavy atom. The van der Waals surface area contributed by atoms with Gasteiger partial charge in [0.2, 0.25) is 6.79 Å². The average molecular weight is 382 g/mol. The number of hydrogen-bond acceptors (Lipinski definition) is 5. The second-order valence-corrected chi connectivity index (χ2v) is 7.14. The zero-order valence-corrected chi connectivity index (χ0v) is 16.1. The standard InChI is InChI=1S/C22H26N2O4/c1-26-19-8-4-3-7-17(19)22(25)23-14-18(24-11-5-2-6-12-24)16-9-10-20-21(13-16)28-15-27-20/h3-4,7-10,13,18H,2,5-6,11-12,14-15H2,1H3,(H,23,25). The van der Waals surface area contributed by atoms with E-state index in [0.29, 0.717) is 17.9 Å². The summed E-state index contributed by atoms with van der Waals surface area (Å²) < 4.78 is 16.3. The number of carbonyl (C=O) groups excluding carboxylic acids is 1. The van der Waals surface area contributed by atoms with Gasteiger partial charge in [-0.2, -0.15) is 0 Å². The molecule has 0 spiro atoms. The van der Waals surface area contributed by atoms with Crippen molar-refractivity contribution in [2.24, 2.45) is 0 Å². The molecule has 6 heteroatoms. The summed E-state index contributed by atoms with van der Waals surface area (Å²) in [5, 5.41) is 3.10. The number of likely N-dealkylation sites (tertiary alicyclic amines) is 1. The number of nitrogens with one attached hydrogen (secondary N) is 1. The Kier molecular flexibility index (Phi) is 5.67. The highest BCUT2D eigenvalue weighted by atomic mass is 16.7. The van der Waals surface area contributed by atoms with E-state index in [-0.39, 0.29) is 18.7 Å². The molecule has 1 unspecified atom stereocenters. The van der Waals surface area contributed by atoms with Gasteiger partial charge < -0.3 is 19.5 Å². The number of piperidine rings is 1. The van der Waals surface area contributed by atoms with Crippen molar-refractivity contribution in [1.29, 1.82) is 0 Å². The molecular formula is C22H26N2O4. The fourth-order valence-corrected chi connectivity index (χ4v) is 3.93. The minimum absolute atomic E-state index is 0.0912. The molecule has 1 amide bonds. The monoisotopic (exact) mass is 382 g/mol. The predicted octanol–water partition coefficient (Wildman–Crippen LogP) is 3.38. The lowest BCUT2D eigenvalue weighted by Gasteiger charge is -2.35. The van der Waals surface area contributed by atoms with Crippen LogP contribution < -0.4 is 19.5 Å². The van der Waals surface area contributed by atoms with Crippen LogP contribution in [0.25, 0.3) is 0 Å². The third kappa shape index (κ3) is 3.92. The molecule has 2 aromatic carbocycles. The van der Waals surface area contributed by atoms with E-state index in [4.69, 9.17) is 14.2 Å². The van der Waals surface area contributed by atoms with Gasteiger partial charge in [-0.1, -0.05) is 24.6 Å². The largest absolute Gasteiger partial charge is 0.496 e. The topological polar surface area (TPSA) is 60.0 Å². The quantitative estimate of drug-likeness (QED) is 0.830. The summed E-state index contributed by atoms with van der Waals surface area (Å²) in [6.07, 6.45) is 3.63. The Bertz CT molecular complexity index is 833. The molecule has 1 N–H and O–H groups in total. The van der Waals surface area contributed by atoms with E-state index >= 15 is 0 Å². The van der Waals surface area contributed by atoms with E-state index in [1.165, 1.54) is 19.3 Å². The van der Waals surface area contributed by atoms with Crippen LogP contribution in [0.4, 0.5) is 0 Å². The molecule has 1 fully saturated rings. The van der Waals surface area contributed by atoms with E-state index in [1.807, 2.05) is 24.3 Å². The first kappa shape index (κ1) is 18.6. The fourth-order valence-electron chi connectivity index (χ4n) is 3.93. The van der Waals surface area contributed by atoms with Crippen molar-refractivity contribution >= 4 is 5.91 Å². The summed E-state index contributed by atoms with van der Waals surface area (Å²) in [6, 6.07) is 13.4. The molecule has 0 aliphatic carbocycles. The Labute approximate surface area is 165 Å². The third-order valence-corrected chi connectivity index (χ3v) is 5.42. The van der Waals surface area contributed by atoms with Crippen LogP contribution in [0, 0.1) is 0 Å². The second-order valence-electron chi connectivity index (χ2n) is 7.14. The van der Waals surface area contributed by atoms with Crippen molar-refractivity contribution in [3.05, 3.63) is 53.6 Å². The molecule has 148 valence electrons. The van der Waals surface area contributed by atoms with Crippen molar-refractivity contribution in [2.45, 2.75) is 25.3 Å². The number of carbonyl (C=O) groups is 1. The Hall–Kier alpha value is -2.73. The molecule has 2 aliphatic heterocycles. The number of hydrogen-bond donors (Lipinski definition) is 1. The maximum atomic E-state index is 12.8. The second kappa shape index (κ2) is 8.52. The molecule has 4 rings (SSSR count). The molecular weight excluding hydrogens is 356 g/mol. The number of methoxy groups -OCH3 is 1. The maximum absolute atomic E-state index is 12.8. The minimum atomic E-state index is -0.125. The Morgan fingerprint density at radius 3 is 2.71 bits per heavy atom. The summed E-state index contributed by atoms with van der Waals surface area (Å²) in [6.45, 7) is 2.85. The zero-order chi connectivity index (χ0) is 19.3. The lowest BCUT2D eigenvalue weighted by Crippen LogP contribution is -2.40. The summed E-state index contributed by atoms with van der Waals surface area (Å²) >= 11 is 0. The molecule has 28 heavy (non-hydrogen) atoms. The van der Waals surface area contributed by atoms with E-state index in [1.54, 1.807) is 19.2 Å². The number of rotatable bonds is 6. The van der Waals surface area contributed by atoms with Crippen molar-refractivity contribution in [2.75, 3.05) is 33.5 Å². The van der Waals surface area contributed by atoms with E-state index in [0.717, 1.165) is 30.2 Å². The number of fused-ring (bicyclic) bond motifs is 1. The smallest absolute Gasteiger partial charge is 0.255 e. The van der Waals surface area contributed by atoms with E-state index in [2.05, 4.69) is 16.3 Å². The Morgan fingerprint density at radius 1 is 1.11 bits per heavy atom. The summed E-state index contributed by atoms with van der Waals surface area (Å²) in [5.74, 6) is 2.01. The SMILES string of the molecule is COc1ccccc1C(=O)NCC(c1ccc2c(c1)OCO2)N1CCCCC1. The number of para-hydroxylation sites is 1. The van der Waals surface area contributed by atoms with Crippen LogP contribution in [0.1, 0.15) is 41.2 Å². The minimum Gasteiger partial charge on any atom is -0.496 e. The lowest BCUT2D eigenvalue weighted by molar-refractivity contribution is 0.0921. The average Bonchev–Trinajstić information content (AvgIpc) is 3.22. The van der Waals surface area contributed by atoms with Gasteiger partial charge in [0.15, 0.2) is 11.5 Å². The van der Waals surface area contributed by atoms with Gasteiger partial charge in [0.1, 0.15) is 5.75 Å². The molecule has 6 nitrogen and oxygen atoms in total. The van der Waals surface area contributed by atoms with Gasteiger partial charge in [-0.3, -0.25) is 9.69 Å². The summed E-state index contributed by atoms with van der Waals surface area (Å²) in [5.41, 5.74) is 1.68. The van der Waals surface area contributed by atoms with Gasteiger partial charge in [0.05, 0.1) is 18.7 Å². The van der Waals surface area contributed by atoms with Gasteiger partial charge in [0.25, 0.3) is 5.91 Å². The first-order chi connectivity index (χ1) is 13.8. The van der Waals surface area contributed by atoms with Gasteiger partial charge in [-0.05, 0) is 55.8 Å². The van der Waals surface area contributed by atoms with Gasteiger partial charge in [-0.25, -0.2) is 0 Å². The highest BCUT2D eigenvalue weighted by Crippen LogP contribution is 2.36. The molecule has 1 atom stereocenters. The first-order valence-corrected chi connectivity index (χ1v) is 9.81. The molecule has 0 radical (unpaired) electrons. The van der Waals surface area contributed by atoms with Crippen molar-refractivity contribution in [1.82, 2.24) is 10.2 Å². The summed E-state index contributed by atoms with van der Waals surface area (Å²) in [7, 11) is 1.58. The van der Waals surface area contributed by atoms with Crippen LogP contribution in [0.3, 0.4) is 0 Å². The van der Waals surface area contributed by atoms with Crippen LogP contribution in [-0.2, 0) is 0 Å². The predicted molar refractivity (Wildman–Crippen MR) is 106 cm³/mol. The molecule has 0 bridgehead atoms. The first-order valence-electron chi connectivity index (χ1n) is 9.81. The molecule has 0 saturated carbocycles.